The van der Waals surface area contributed by atoms with E-state index >= 15 is 0 Å². The number of carboxylic acids is 1. The maximum Gasteiger partial charge on any atom is 0.305 e. The molecule has 86 valence electrons. The number of hydrogen-bond donors (Lipinski definition) is 2. The molecule has 0 aromatic heterocycles. The van der Waals surface area contributed by atoms with Crippen LogP contribution in [0, 0.1) is 6.92 Å². The average Bonchev–Trinajstić information content (AvgIpc) is 2.16. The van der Waals surface area contributed by atoms with E-state index in [-0.39, 0.29) is 18.4 Å². The smallest absolute Gasteiger partial charge is 0.305 e. The van der Waals surface area contributed by atoms with E-state index in [1.807, 2.05) is 19.1 Å². The first-order valence-corrected chi connectivity index (χ1v) is 5.08. The van der Waals surface area contributed by atoms with Gasteiger partial charge in [-0.3, -0.25) is 9.59 Å². The van der Waals surface area contributed by atoms with Crippen LogP contribution in [0.4, 0.5) is 0 Å². The van der Waals surface area contributed by atoms with E-state index in [0.29, 0.717) is 5.56 Å². The van der Waals surface area contributed by atoms with E-state index in [2.05, 4.69) is 5.32 Å². The van der Waals surface area contributed by atoms with Gasteiger partial charge in [-0.15, -0.1) is 0 Å². The Kier molecular flexibility index (Phi) is 4.05. The number of aryl methyl sites for hydroxylation is 1. The van der Waals surface area contributed by atoms with Crippen molar-refractivity contribution in [3.05, 3.63) is 35.4 Å². The average molecular weight is 221 g/mol. The second kappa shape index (κ2) is 5.30. The fourth-order valence-corrected chi connectivity index (χ4v) is 1.33. The summed E-state index contributed by atoms with van der Waals surface area (Å²) in [5.41, 5.74) is 1.62. The minimum Gasteiger partial charge on any atom is -0.481 e. The van der Waals surface area contributed by atoms with Crippen LogP contribution in [0.5, 0.6) is 0 Å². The van der Waals surface area contributed by atoms with Gasteiger partial charge in [0.1, 0.15) is 0 Å². The van der Waals surface area contributed by atoms with Gasteiger partial charge in [0.2, 0.25) is 0 Å². The Balaban J connectivity index is 2.58. The number of carbonyl (C=O) groups excluding carboxylic acids is 1. The molecule has 1 amide bonds. The molecule has 0 aliphatic heterocycles. The topological polar surface area (TPSA) is 66.4 Å². The first-order valence-electron chi connectivity index (χ1n) is 5.08. The summed E-state index contributed by atoms with van der Waals surface area (Å²) in [6, 6.07) is 6.76. The molecular weight excluding hydrogens is 206 g/mol. The summed E-state index contributed by atoms with van der Waals surface area (Å²) in [6.45, 7) is 3.61. The lowest BCUT2D eigenvalue weighted by atomic mass is 10.1. The van der Waals surface area contributed by atoms with Crippen LogP contribution in [-0.4, -0.2) is 23.0 Å². The number of carboxylic acid groups (broad SMARTS) is 1. The minimum atomic E-state index is -0.920. The Morgan fingerprint density at radius 3 is 2.38 bits per heavy atom. The lowest BCUT2D eigenvalue weighted by Crippen LogP contribution is -2.34. The summed E-state index contributed by atoms with van der Waals surface area (Å²) < 4.78 is 0. The van der Waals surface area contributed by atoms with Crippen LogP contribution < -0.4 is 5.32 Å². The Hall–Kier alpha value is -1.84. The number of rotatable bonds is 4. The quantitative estimate of drug-likeness (QED) is 0.811. The fourth-order valence-electron chi connectivity index (χ4n) is 1.33. The predicted molar refractivity (Wildman–Crippen MR) is 60.4 cm³/mol. The van der Waals surface area contributed by atoms with Crippen molar-refractivity contribution in [2.75, 3.05) is 0 Å². The Labute approximate surface area is 94.3 Å². The third-order valence-electron chi connectivity index (χ3n) is 2.17. The van der Waals surface area contributed by atoms with Gasteiger partial charge in [0, 0.05) is 11.6 Å². The van der Waals surface area contributed by atoms with Crippen LogP contribution in [0.25, 0.3) is 0 Å². The predicted octanol–water partition coefficient (Wildman–Crippen LogP) is 1.59. The fraction of sp³-hybridized carbons (Fsp3) is 0.333. The molecule has 1 atom stereocenters. The minimum absolute atomic E-state index is 0.0718. The molecule has 0 fully saturated rings. The molecule has 0 saturated carbocycles. The Morgan fingerprint density at radius 2 is 1.88 bits per heavy atom. The molecule has 0 aliphatic carbocycles. The zero-order valence-electron chi connectivity index (χ0n) is 9.36. The first-order chi connectivity index (χ1) is 7.49. The number of benzene rings is 1. The largest absolute Gasteiger partial charge is 0.481 e. The van der Waals surface area contributed by atoms with Gasteiger partial charge in [0.05, 0.1) is 6.42 Å². The number of nitrogens with one attached hydrogen (secondary N) is 1. The molecule has 0 heterocycles. The first kappa shape index (κ1) is 12.2. The molecule has 1 aromatic rings. The number of amides is 1. The van der Waals surface area contributed by atoms with Crippen molar-refractivity contribution >= 4 is 11.9 Å². The molecule has 0 radical (unpaired) electrons. The van der Waals surface area contributed by atoms with E-state index in [9.17, 15) is 9.59 Å². The van der Waals surface area contributed by atoms with Crippen LogP contribution in [0.3, 0.4) is 0 Å². The highest BCUT2D eigenvalue weighted by Gasteiger charge is 2.11. The summed E-state index contributed by atoms with van der Waals surface area (Å²) in [6.07, 6.45) is -0.0718. The molecule has 1 aromatic carbocycles. The van der Waals surface area contributed by atoms with E-state index in [0.717, 1.165) is 5.56 Å². The van der Waals surface area contributed by atoms with Gasteiger partial charge in [-0.1, -0.05) is 17.7 Å². The van der Waals surface area contributed by atoms with Crippen LogP contribution in [0.15, 0.2) is 24.3 Å². The molecule has 0 saturated heterocycles. The molecule has 1 rings (SSSR count). The summed E-state index contributed by atoms with van der Waals surface area (Å²) in [4.78, 5) is 22.1. The van der Waals surface area contributed by atoms with Crippen molar-refractivity contribution in [1.82, 2.24) is 5.32 Å². The summed E-state index contributed by atoms with van der Waals surface area (Å²) in [5.74, 6) is -1.16. The molecule has 0 spiro atoms. The third-order valence-corrected chi connectivity index (χ3v) is 2.17. The van der Waals surface area contributed by atoms with Crippen molar-refractivity contribution in [3.63, 3.8) is 0 Å². The molecule has 16 heavy (non-hydrogen) atoms. The van der Waals surface area contributed by atoms with Crippen molar-refractivity contribution in [3.8, 4) is 0 Å². The highest BCUT2D eigenvalue weighted by molar-refractivity contribution is 5.94. The van der Waals surface area contributed by atoms with Gasteiger partial charge in [-0.25, -0.2) is 0 Å². The van der Waals surface area contributed by atoms with Gasteiger partial charge in [-0.2, -0.15) is 0 Å². The van der Waals surface area contributed by atoms with E-state index < -0.39 is 5.97 Å². The Bertz CT molecular complexity index is 384. The van der Waals surface area contributed by atoms with E-state index in [4.69, 9.17) is 5.11 Å². The summed E-state index contributed by atoms with van der Waals surface area (Å²) >= 11 is 0. The maximum absolute atomic E-state index is 11.6. The van der Waals surface area contributed by atoms with Crippen molar-refractivity contribution in [2.24, 2.45) is 0 Å². The molecule has 1 unspecified atom stereocenters. The third kappa shape index (κ3) is 3.73. The van der Waals surface area contributed by atoms with Crippen molar-refractivity contribution < 1.29 is 14.7 Å². The van der Waals surface area contributed by atoms with E-state index in [1.54, 1.807) is 19.1 Å². The van der Waals surface area contributed by atoms with E-state index in [1.165, 1.54) is 0 Å². The van der Waals surface area contributed by atoms with Crippen LogP contribution in [0.1, 0.15) is 29.3 Å². The van der Waals surface area contributed by atoms with Gasteiger partial charge in [0.25, 0.3) is 5.91 Å². The molecule has 4 heteroatoms. The van der Waals surface area contributed by atoms with Gasteiger partial charge in [0.15, 0.2) is 0 Å². The lowest BCUT2D eigenvalue weighted by molar-refractivity contribution is -0.137. The number of hydrogen-bond acceptors (Lipinski definition) is 2. The van der Waals surface area contributed by atoms with Crippen molar-refractivity contribution in [2.45, 2.75) is 26.3 Å². The second-order valence-electron chi connectivity index (χ2n) is 3.84. The monoisotopic (exact) mass is 221 g/mol. The molecule has 2 N–H and O–H groups in total. The van der Waals surface area contributed by atoms with Crippen LogP contribution in [-0.2, 0) is 4.79 Å². The normalized spacial score (nSPS) is 11.9. The highest BCUT2D eigenvalue weighted by atomic mass is 16.4. The zero-order chi connectivity index (χ0) is 12.1. The lowest BCUT2D eigenvalue weighted by Gasteiger charge is -2.11. The molecule has 0 aliphatic rings. The van der Waals surface area contributed by atoms with Gasteiger partial charge < -0.3 is 10.4 Å². The number of carbonyl (C=O) groups is 2. The Morgan fingerprint density at radius 1 is 1.31 bits per heavy atom. The molecule has 4 nitrogen and oxygen atoms in total. The molecular formula is C12H15NO3. The van der Waals surface area contributed by atoms with Gasteiger partial charge in [-0.05, 0) is 26.0 Å². The van der Waals surface area contributed by atoms with Gasteiger partial charge >= 0.3 is 5.97 Å². The van der Waals surface area contributed by atoms with Crippen molar-refractivity contribution in [1.29, 1.82) is 0 Å². The summed E-state index contributed by atoms with van der Waals surface area (Å²) in [5, 5.41) is 11.2. The van der Waals surface area contributed by atoms with Crippen LogP contribution >= 0.6 is 0 Å². The zero-order valence-corrected chi connectivity index (χ0v) is 9.36. The highest BCUT2D eigenvalue weighted by Crippen LogP contribution is 2.03. The number of aliphatic carboxylic acids is 1. The SMILES string of the molecule is Cc1ccc(C(=O)NC(C)CC(=O)O)cc1. The van der Waals surface area contributed by atoms with Crippen LogP contribution in [0.2, 0.25) is 0 Å². The molecule has 0 bridgehead atoms. The standard InChI is InChI=1S/C12H15NO3/c1-8-3-5-10(6-4-8)12(16)13-9(2)7-11(14)15/h3-6,9H,7H2,1-2H3,(H,13,16)(H,14,15). The maximum atomic E-state index is 11.6. The second-order valence-corrected chi connectivity index (χ2v) is 3.84. The summed E-state index contributed by atoms with van der Waals surface area (Å²) in [7, 11) is 0.